The summed E-state index contributed by atoms with van der Waals surface area (Å²) in [6, 6.07) is 9.98. The molecule has 0 aliphatic rings. The predicted molar refractivity (Wildman–Crippen MR) is 72.6 cm³/mol. The zero-order chi connectivity index (χ0) is 12.7. The molecular weight excluding hydrogens is 210 g/mol. The highest BCUT2D eigenvalue weighted by molar-refractivity contribution is 5.94. The monoisotopic (exact) mass is 231 g/mol. The number of nitrogens with zero attached hydrogens (tertiary/aromatic N) is 1. The second-order valence-electron chi connectivity index (χ2n) is 4.31. The second kappa shape index (κ2) is 6.89. The zero-order valence-corrected chi connectivity index (χ0v) is 10.9. The number of hydrogen-bond donors (Lipinski definition) is 0. The molecule has 1 rings (SSSR count). The number of amides is 1. The molecule has 1 amide bonds. The summed E-state index contributed by atoms with van der Waals surface area (Å²) in [5.74, 6) is 0.0832. The minimum atomic E-state index is 0.0832. The van der Waals surface area contributed by atoms with Gasteiger partial charge in [0.1, 0.15) is 0 Å². The predicted octanol–water partition coefficient (Wildman–Crippen LogP) is 3.35. The van der Waals surface area contributed by atoms with E-state index in [1.54, 1.807) is 11.0 Å². The molecule has 0 fully saturated rings. The molecule has 0 bridgehead atoms. The molecule has 0 heterocycles. The normalized spacial score (nSPS) is 11.4. The van der Waals surface area contributed by atoms with Gasteiger partial charge in [0.05, 0.1) is 0 Å². The average molecular weight is 231 g/mol. The van der Waals surface area contributed by atoms with Crippen molar-refractivity contribution in [3.8, 4) is 0 Å². The van der Waals surface area contributed by atoms with Crippen LogP contribution in [0, 0.1) is 0 Å². The molecule has 0 aromatic heterocycles. The van der Waals surface area contributed by atoms with E-state index in [4.69, 9.17) is 0 Å². The minimum absolute atomic E-state index is 0.0832. The molecule has 0 aliphatic heterocycles. The van der Waals surface area contributed by atoms with Crippen molar-refractivity contribution in [2.75, 3.05) is 13.6 Å². The Kier molecular flexibility index (Phi) is 5.47. The van der Waals surface area contributed by atoms with Gasteiger partial charge >= 0.3 is 0 Å². The van der Waals surface area contributed by atoms with E-state index in [0.717, 1.165) is 30.5 Å². The standard InChI is InChI=1S/C15H21NO/c1-4-5-11-16(3)15(17)12-13(2)14-9-7-6-8-10-14/h6-10,12H,4-5,11H2,1-3H3/b13-12+. The van der Waals surface area contributed by atoms with Gasteiger partial charge < -0.3 is 4.90 Å². The van der Waals surface area contributed by atoms with Crippen LogP contribution in [0.2, 0.25) is 0 Å². The lowest BCUT2D eigenvalue weighted by Gasteiger charge is -2.14. The number of hydrogen-bond acceptors (Lipinski definition) is 1. The van der Waals surface area contributed by atoms with Crippen LogP contribution in [0.25, 0.3) is 5.57 Å². The van der Waals surface area contributed by atoms with Crippen LogP contribution in [0.15, 0.2) is 36.4 Å². The van der Waals surface area contributed by atoms with Gasteiger partial charge in [-0.1, -0.05) is 43.7 Å². The van der Waals surface area contributed by atoms with Gasteiger partial charge in [-0.2, -0.15) is 0 Å². The molecule has 0 saturated heterocycles. The van der Waals surface area contributed by atoms with Gasteiger partial charge in [-0.3, -0.25) is 4.79 Å². The Morgan fingerprint density at radius 1 is 1.29 bits per heavy atom. The molecule has 0 atom stereocenters. The van der Waals surface area contributed by atoms with E-state index in [0.29, 0.717) is 0 Å². The van der Waals surface area contributed by atoms with Crippen molar-refractivity contribution in [3.63, 3.8) is 0 Å². The van der Waals surface area contributed by atoms with Gasteiger partial charge in [-0.05, 0) is 24.5 Å². The van der Waals surface area contributed by atoms with Crippen molar-refractivity contribution in [1.82, 2.24) is 4.90 Å². The van der Waals surface area contributed by atoms with Crippen molar-refractivity contribution in [3.05, 3.63) is 42.0 Å². The molecule has 17 heavy (non-hydrogen) atoms. The summed E-state index contributed by atoms with van der Waals surface area (Å²) in [6.45, 7) is 4.93. The smallest absolute Gasteiger partial charge is 0.246 e. The Hall–Kier alpha value is -1.57. The van der Waals surface area contributed by atoms with Crippen molar-refractivity contribution in [2.45, 2.75) is 26.7 Å². The summed E-state index contributed by atoms with van der Waals surface area (Å²) in [4.78, 5) is 13.7. The molecule has 2 nitrogen and oxygen atoms in total. The molecule has 2 heteroatoms. The summed E-state index contributed by atoms with van der Waals surface area (Å²) >= 11 is 0. The van der Waals surface area contributed by atoms with E-state index in [1.165, 1.54) is 0 Å². The number of rotatable bonds is 5. The number of allylic oxidation sites excluding steroid dienone is 1. The maximum atomic E-state index is 11.9. The van der Waals surface area contributed by atoms with Crippen LogP contribution in [0.4, 0.5) is 0 Å². The summed E-state index contributed by atoms with van der Waals surface area (Å²) < 4.78 is 0. The van der Waals surface area contributed by atoms with E-state index in [-0.39, 0.29) is 5.91 Å². The fraction of sp³-hybridized carbons (Fsp3) is 0.400. The zero-order valence-electron chi connectivity index (χ0n) is 10.9. The van der Waals surface area contributed by atoms with E-state index >= 15 is 0 Å². The number of unbranched alkanes of at least 4 members (excludes halogenated alkanes) is 1. The van der Waals surface area contributed by atoms with Gasteiger partial charge in [0, 0.05) is 19.7 Å². The van der Waals surface area contributed by atoms with Crippen molar-refractivity contribution < 1.29 is 4.79 Å². The first kappa shape index (κ1) is 13.5. The van der Waals surface area contributed by atoms with Crippen LogP contribution in [-0.2, 0) is 4.79 Å². The Morgan fingerprint density at radius 2 is 1.94 bits per heavy atom. The van der Waals surface area contributed by atoms with Gasteiger partial charge in [-0.25, -0.2) is 0 Å². The molecule has 1 aromatic carbocycles. The topological polar surface area (TPSA) is 20.3 Å². The Morgan fingerprint density at radius 3 is 2.53 bits per heavy atom. The molecule has 0 aliphatic carbocycles. The molecule has 0 unspecified atom stereocenters. The Balaban J connectivity index is 2.65. The third-order valence-electron chi connectivity index (χ3n) is 2.79. The second-order valence-corrected chi connectivity index (χ2v) is 4.31. The van der Waals surface area contributed by atoms with Crippen LogP contribution in [0.1, 0.15) is 32.3 Å². The van der Waals surface area contributed by atoms with Crippen molar-refractivity contribution in [2.24, 2.45) is 0 Å². The van der Waals surface area contributed by atoms with Crippen LogP contribution in [0.3, 0.4) is 0 Å². The van der Waals surface area contributed by atoms with Gasteiger partial charge in [0.25, 0.3) is 0 Å². The number of carbonyl (C=O) groups excluding carboxylic acids is 1. The maximum Gasteiger partial charge on any atom is 0.246 e. The van der Waals surface area contributed by atoms with Crippen LogP contribution in [-0.4, -0.2) is 24.4 Å². The highest BCUT2D eigenvalue weighted by Gasteiger charge is 2.05. The largest absolute Gasteiger partial charge is 0.342 e. The van der Waals surface area contributed by atoms with E-state index < -0.39 is 0 Å². The molecule has 0 spiro atoms. The quantitative estimate of drug-likeness (QED) is 0.712. The third kappa shape index (κ3) is 4.43. The van der Waals surface area contributed by atoms with Crippen LogP contribution < -0.4 is 0 Å². The van der Waals surface area contributed by atoms with Gasteiger partial charge in [0.15, 0.2) is 0 Å². The fourth-order valence-electron chi connectivity index (χ4n) is 1.59. The SMILES string of the molecule is CCCCN(C)C(=O)/C=C(\C)c1ccccc1. The first-order valence-electron chi connectivity index (χ1n) is 6.14. The third-order valence-corrected chi connectivity index (χ3v) is 2.79. The summed E-state index contributed by atoms with van der Waals surface area (Å²) in [5, 5.41) is 0. The first-order valence-corrected chi connectivity index (χ1v) is 6.14. The number of carbonyl (C=O) groups is 1. The molecular formula is C15H21NO. The summed E-state index contributed by atoms with van der Waals surface area (Å²) in [6.07, 6.45) is 3.88. The van der Waals surface area contributed by atoms with E-state index in [2.05, 4.69) is 6.92 Å². The molecule has 1 aromatic rings. The van der Waals surface area contributed by atoms with E-state index in [1.807, 2.05) is 44.3 Å². The lowest BCUT2D eigenvalue weighted by molar-refractivity contribution is -0.124. The first-order chi connectivity index (χ1) is 8.15. The fourth-order valence-corrected chi connectivity index (χ4v) is 1.59. The Bertz CT molecular complexity index is 381. The highest BCUT2D eigenvalue weighted by atomic mass is 16.2. The average Bonchev–Trinajstić information content (AvgIpc) is 2.36. The molecule has 0 radical (unpaired) electrons. The molecule has 92 valence electrons. The highest BCUT2D eigenvalue weighted by Crippen LogP contribution is 2.12. The number of likely N-dealkylation sites (N-methyl/N-ethyl adjacent to an activating group) is 1. The Labute approximate surface area is 104 Å². The summed E-state index contributed by atoms with van der Waals surface area (Å²) in [7, 11) is 1.85. The molecule has 0 saturated carbocycles. The van der Waals surface area contributed by atoms with Gasteiger partial charge in [-0.15, -0.1) is 0 Å². The van der Waals surface area contributed by atoms with E-state index in [9.17, 15) is 4.79 Å². The lowest BCUT2D eigenvalue weighted by Crippen LogP contribution is -2.25. The lowest BCUT2D eigenvalue weighted by atomic mass is 10.1. The van der Waals surface area contributed by atoms with Crippen LogP contribution in [0.5, 0.6) is 0 Å². The van der Waals surface area contributed by atoms with Crippen molar-refractivity contribution in [1.29, 1.82) is 0 Å². The van der Waals surface area contributed by atoms with Gasteiger partial charge in [0.2, 0.25) is 5.91 Å². The molecule has 0 N–H and O–H groups in total. The maximum absolute atomic E-state index is 11.9. The number of benzene rings is 1. The van der Waals surface area contributed by atoms with Crippen molar-refractivity contribution >= 4 is 11.5 Å². The summed E-state index contributed by atoms with van der Waals surface area (Å²) in [5.41, 5.74) is 2.11. The van der Waals surface area contributed by atoms with Crippen LogP contribution >= 0.6 is 0 Å². The minimum Gasteiger partial charge on any atom is -0.342 e.